The number of fused-ring (bicyclic) bond motifs is 8. The zero-order chi connectivity index (χ0) is 13.1. The van der Waals surface area contributed by atoms with E-state index in [1.54, 1.807) is 11.3 Å². The first-order valence-corrected chi connectivity index (χ1v) is 7.32. The van der Waals surface area contributed by atoms with Crippen molar-refractivity contribution in [3.63, 3.8) is 0 Å². The third-order valence-electron chi connectivity index (χ3n) is 3.76. The van der Waals surface area contributed by atoms with Crippen LogP contribution in [0.2, 0.25) is 0 Å². The molecule has 94 valence electrons. The highest BCUT2D eigenvalue weighted by Crippen LogP contribution is 2.32. The number of pyridine rings is 1. The van der Waals surface area contributed by atoms with Gasteiger partial charge in [-0.05, 0) is 11.5 Å². The second-order valence-corrected chi connectivity index (χ2v) is 5.65. The third kappa shape index (κ3) is 1.15. The average molecular weight is 275 g/mol. The smallest absolute Gasteiger partial charge is 0.190 e. The summed E-state index contributed by atoms with van der Waals surface area (Å²) in [6.07, 6.45) is 0. The fourth-order valence-electron chi connectivity index (χ4n) is 2.92. The standard InChI is InChI=1S/C16H9N3S/c1-2-7-12-10(5-1)11-6-3-4-8-13(11)19-15(12)18-14-16(19)20-9-17-14/h1-9H. The second kappa shape index (κ2) is 3.55. The van der Waals surface area contributed by atoms with E-state index < -0.39 is 0 Å². The van der Waals surface area contributed by atoms with Crippen LogP contribution < -0.4 is 0 Å². The molecule has 0 amide bonds. The molecule has 0 saturated heterocycles. The lowest BCUT2D eigenvalue weighted by Gasteiger charge is -2.07. The number of hydrogen-bond acceptors (Lipinski definition) is 3. The topological polar surface area (TPSA) is 30.2 Å². The number of para-hydroxylation sites is 1. The Morgan fingerprint density at radius 1 is 0.850 bits per heavy atom. The molecule has 0 aliphatic heterocycles. The first-order chi connectivity index (χ1) is 9.93. The molecule has 4 heteroatoms. The van der Waals surface area contributed by atoms with E-state index in [1.807, 2.05) is 5.51 Å². The van der Waals surface area contributed by atoms with Crippen LogP contribution >= 0.6 is 11.3 Å². The maximum Gasteiger partial charge on any atom is 0.190 e. The summed E-state index contributed by atoms with van der Waals surface area (Å²) in [6, 6.07) is 16.9. The van der Waals surface area contributed by atoms with E-state index in [0.29, 0.717) is 0 Å². The number of nitrogens with zero attached hydrogens (tertiary/aromatic N) is 3. The zero-order valence-corrected chi connectivity index (χ0v) is 11.3. The van der Waals surface area contributed by atoms with Gasteiger partial charge in [-0.15, -0.1) is 11.3 Å². The van der Waals surface area contributed by atoms with Crippen molar-refractivity contribution in [2.24, 2.45) is 0 Å². The summed E-state index contributed by atoms with van der Waals surface area (Å²) in [5.74, 6) is 0. The fraction of sp³-hybridized carbons (Fsp3) is 0. The monoisotopic (exact) mass is 275 g/mol. The molecule has 5 rings (SSSR count). The van der Waals surface area contributed by atoms with Crippen LogP contribution in [0.4, 0.5) is 0 Å². The van der Waals surface area contributed by atoms with Crippen LogP contribution in [0, 0.1) is 0 Å². The summed E-state index contributed by atoms with van der Waals surface area (Å²) >= 11 is 1.64. The highest BCUT2D eigenvalue weighted by Gasteiger charge is 2.14. The maximum atomic E-state index is 4.72. The van der Waals surface area contributed by atoms with E-state index in [2.05, 4.69) is 57.9 Å². The largest absolute Gasteiger partial charge is 0.282 e. The molecule has 0 bridgehead atoms. The molecule has 0 atom stereocenters. The Labute approximate surface area is 118 Å². The molecule has 0 saturated carbocycles. The van der Waals surface area contributed by atoms with Crippen molar-refractivity contribution in [3.8, 4) is 0 Å². The average Bonchev–Trinajstić information content (AvgIpc) is 3.08. The van der Waals surface area contributed by atoms with Crippen molar-refractivity contribution in [2.75, 3.05) is 0 Å². The summed E-state index contributed by atoms with van der Waals surface area (Å²) in [4.78, 5) is 10.2. The van der Waals surface area contributed by atoms with Crippen molar-refractivity contribution < 1.29 is 0 Å². The van der Waals surface area contributed by atoms with Gasteiger partial charge in [0.2, 0.25) is 0 Å². The molecule has 0 fully saturated rings. The van der Waals surface area contributed by atoms with Crippen molar-refractivity contribution in [1.29, 1.82) is 0 Å². The van der Waals surface area contributed by atoms with Gasteiger partial charge in [-0.25, -0.2) is 9.97 Å². The molecular formula is C16H9N3S. The first kappa shape index (κ1) is 10.3. The van der Waals surface area contributed by atoms with Crippen LogP contribution in [0.1, 0.15) is 0 Å². The molecule has 3 nitrogen and oxygen atoms in total. The van der Waals surface area contributed by atoms with E-state index in [9.17, 15) is 0 Å². The first-order valence-electron chi connectivity index (χ1n) is 6.44. The lowest BCUT2D eigenvalue weighted by atomic mass is 10.1. The molecule has 3 heterocycles. The summed E-state index contributed by atoms with van der Waals surface area (Å²) < 4.78 is 2.23. The van der Waals surface area contributed by atoms with Gasteiger partial charge < -0.3 is 0 Å². The minimum Gasteiger partial charge on any atom is -0.282 e. The third-order valence-corrected chi connectivity index (χ3v) is 4.56. The van der Waals surface area contributed by atoms with E-state index in [1.165, 1.54) is 21.7 Å². The minimum atomic E-state index is 0.830. The van der Waals surface area contributed by atoms with Gasteiger partial charge in [0, 0.05) is 10.8 Å². The Kier molecular flexibility index (Phi) is 1.84. The van der Waals surface area contributed by atoms with Crippen molar-refractivity contribution in [2.45, 2.75) is 0 Å². The molecule has 3 aromatic heterocycles. The number of thiazole rings is 1. The number of aromatic nitrogens is 3. The summed E-state index contributed by atoms with van der Waals surface area (Å²) in [5.41, 5.74) is 4.87. The molecule has 0 aliphatic rings. The van der Waals surface area contributed by atoms with Crippen LogP contribution in [0.15, 0.2) is 54.0 Å². The Hall–Kier alpha value is -2.46. The number of rotatable bonds is 0. The molecule has 0 N–H and O–H groups in total. The summed E-state index contributed by atoms with van der Waals surface area (Å²) in [6.45, 7) is 0. The van der Waals surface area contributed by atoms with Crippen LogP contribution in [-0.4, -0.2) is 14.4 Å². The maximum absolute atomic E-state index is 4.72. The predicted octanol–water partition coefficient (Wildman–Crippen LogP) is 4.25. The number of hydrogen-bond donors (Lipinski definition) is 0. The van der Waals surface area contributed by atoms with E-state index in [0.717, 1.165) is 16.1 Å². The normalized spacial score (nSPS) is 12.0. The van der Waals surface area contributed by atoms with Crippen LogP contribution in [0.3, 0.4) is 0 Å². The highest BCUT2D eigenvalue weighted by molar-refractivity contribution is 7.16. The van der Waals surface area contributed by atoms with Gasteiger partial charge in [0.25, 0.3) is 0 Å². The molecular weight excluding hydrogens is 266 g/mol. The van der Waals surface area contributed by atoms with Gasteiger partial charge in [0.1, 0.15) is 10.5 Å². The molecule has 20 heavy (non-hydrogen) atoms. The fourth-order valence-corrected chi connectivity index (χ4v) is 3.67. The van der Waals surface area contributed by atoms with Crippen molar-refractivity contribution >= 4 is 49.1 Å². The zero-order valence-electron chi connectivity index (χ0n) is 10.4. The molecule has 0 unspecified atom stereocenters. The minimum absolute atomic E-state index is 0.830. The molecule has 5 aromatic rings. The highest BCUT2D eigenvalue weighted by atomic mass is 32.1. The Bertz CT molecular complexity index is 1070. The van der Waals surface area contributed by atoms with Gasteiger partial charge in [-0.2, -0.15) is 0 Å². The summed E-state index contributed by atoms with van der Waals surface area (Å²) in [7, 11) is 0. The SMILES string of the molecule is c1ccc2c(c1)c1ccccc1n1c2nc2ncsc21. The Morgan fingerprint density at radius 3 is 2.50 bits per heavy atom. The van der Waals surface area contributed by atoms with Crippen LogP contribution in [0.25, 0.3) is 37.8 Å². The van der Waals surface area contributed by atoms with Gasteiger partial charge in [0.05, 0.1) is 11.0 Å². The Morgan fingerprint density at radius 2 is 1.60 bits per heavy atom. The van der Waals surface area contributed by atoms with Crippen LogP contribution in [0.5, 0.6) is 0 Å². The predicted molar refractivity (Wildman–Crippen MR) is 83.4 cm³/mol. The van der Waals surface area contributed by atoms with Crippen molar-refractivity contribution in [3.05, 3.63) is 54.0 Å². The Balaban J connectivity index is 2.27. The van der Waals surface area contributed by atoms with E-state index >= 15 is 0 Å². The number of benzene rings is 2. The quantitative estimate of drug-likeness (QED) is 0.395. The second-order valence-electron chi connectivity index (χ2n) is 4.81. The summed E-state index contributed by atoms with van der Waals surface area (Å²) in [5, 5.41) is 3.67. The van der Waals surface area contributed by atoms with Crippen LogP contribution in [-0.2, 0) is 0 Å². The van der Waals surface area contributed by atoms with Gasteiger partial charge in [0.15, 0.2) is 5.65 Å². The van der Waals surface area contributed by atoms with E-state index in [4.69, 9.17) is 4.98 Å². The lowest BCUT2D eigenvalue weighted by Crippen LogP contribution is -1.90. The van der Waals surface area contributed by atoms with Gasteiger partial charge in [-0.1, -0.05) is 42.5 Å². The number of imidazole rings is 1. The molecule has 0 radical (unpaired) electrons. The van der Waals surface area contributed by atoms with Crippen molar-refractivity contribution in [1.82, 2.24) is 14.4 Å². The molecule has 0 spiro atoms. The lowest BCUT2D eigenvalue weighted by molar-refractivity contribution is 1.32. The van der Waals surface area contributed by atoms with Gasteiger partial charge in [-0.3, -0.25) is 4.40 Å². The molecule has 2 aromatic carbocycles. The van der Waals surface area contributed by atoms with E-state index in [-0.39, 0.29) is 0 Å². The molecule has 0 aliphatic carbocycles. The van der Waals surface area contributed by atoms with Gasteiger partial charge >= 0.3 is 0 Å².